The largest absolute Gasteiger partial charge is 0.294 e. The third-order valence-corrected chi connectivity index (χ3v) is 2.28. The molecule has 0 saturated carbocycles. The molecule has 0 radical (unpaired) electrons. The predicted octanol–water partition coefficient (Wildman–Crippen LogP) is 1.78. The molecule has 0 spiro atoms. The van der Waals surface area contributed by atoms with Crippen LogP contribution in [-0.2, 0) is 0 Å². The van der Waals surface area contributed by atoms with E-state index in [1.165, 1.54) is 6.92 Å². The molecule has 0 aliphatic rings. The number of carbonyl (C=O) groups is 1. The van der Waals surface area contributed by atoms with Gasteiger partial charge in [0, 0.05) is 6.20 Å². The topological polar surface area (TPSA) is 47.8 Å². The fraction of sp³-hybridized carbons (Fsp3) is 0.182. The fourth-order valence-corrected chi connectivity index (χ4v) is 1.49. The summed E-state index contributed by atoms with van der Waals surface area (Å²) in [6.45, 7) is 3.41. The van der Waals surface area contributed by atoms with E-state index in [0.29, 0.717) is 5.56 Å². The Morgan fingerprint density at radius 1 is 1.40 bits per heavy atom. The van der Waals surface area contributed by atoms with E-state index in [-0.39, 0.29) is 5.78 Å². The molecular weight excluding hydrogens is 190 g/mol. The fourth-order valence-electron chi connectivity index (χ4n) is 1.49. The first-order valence-corrected chi connectivity index (χ1v) is 4.66. The van der Waals surface area contributed by atoms with Crippen molar-refractivity contribution in [2.45, 2.75) is 13.8 Å². The van der Waals surface area contributed by atoms with E-state index in [0.717, 1.165) is 11.4 Å². The molecule has 0 atom stereocenters. The first-order valence-electron chi connectivity index (χ1n) is 4.66. The van der Waals surface area contributed by atoms with E-state index < -0.39 is 0 Å². The molecule has 0 aliphatic carbocycles. The van der Waals surface area contributed by atoms with Crippen molar-refractivity contribution in [2.24, 2.45) is 0 Å². The van der Waals surface area contributed by atoms with Crippen LogP contribution in [0.25, 0.3) is 5.69 Å². The Labute approximate surface area is 87.6 Å². The monoisotopic (exact) mass is 201 g/mol. The van der Waals surface area contributed by atoms with E-state index in [1.54, 1.807) is 23.3 Å². The lowest BCUT2D eigenvalue weighted by atomic mass is 10.2. The third kappa shape index (κ3) is 1.66. The van der Waals surface area contributed by atoms with Gasteiger partial charge in [0.2, 0.25) is 0 Å². The van der Waals surface area contributed by atoms with Crippen LogP contribution < -0.4 is 0 Å². The molecule has 0 unspecified atom stereocenters. The lowest BCUT2D eigenvalue weighted by molar-refractivity contribution is 0.101. The second kappa shape index (κ2) is 3.65. The van der Waals surface area contributed by atoms with Crippen molar-refractivity contribution in [3.63, 3.8) is 0 Å². The Hall–Kier alpha value is -1.97. The predicted molar refractivity (Wildman–Crippen MR) is 56.1 cm³/mol. The molecule has 0 amide bonds. The standard InChI is InChI=1S/C11H11N3O/c1-8-11(9(2)15)7-13-14(8)10-4-3-5-12-6-10/h3-7H,1-2H3. The maximum atomic E-state index is 11.2. The highest BCUT2D eigenvalue weighted by atomic mass is 16.1. The number of hydrogen-bond donors (Lipinski definition) is 0. The Kier molecular flexibility index (Phi) is 2.33. The van der Waals surface area contributed by atoms with Crippen molar-refractivity contribution in [2.75, 3.05) is 0 Å². The molecule has 2 rings (SSSR count). The van der Waals surface area contributed by atoms with Crippen LogP contribution in [0.5, 0.6) is 0 Å². The van der Waals surface area contributed by atoms with Crippen LogP contribution in [0.15, 0.2) is 30.7 Å². The number of aromatic nitrogens is 3. The Balaban J connectivity index is 2.52. The molecule has 2 aromatic rings. The highest BCUT2D eigenvalue weighted by Crippen LogP contribution is 2.13. The summed E-state index contributed by atoms with van der Waals surface area (Å²) in [4.78, 5) is 15.3. The highest BCUT2D eigenvalue weighted by Gasteiger charge is 2.10. The van der Waals surface area contributed by atoms with E-state index in [4.69, 9.17) is 0 Å². The molecule has 4 heteroatoms. The van der Waals surface area contributed by atoms with Crippen molar-refractivity contribution in [3.8, 4) is 5.69 Å². The molecule has 4 nitrogen and oxygen atoms in total. The van der Waals surface area contributed by atoms with Crippen LogP contribution in [0.4, 0.5) is 0 Å². The summed E-state index contributed by atoms with van der Waals surface area (Å²) in [7, 11) is 0. The van der Waals surface area contributed by atoms with Gasteiger partial charge in [-0.3, -0.25) is 9.78 Å². The van der Waals surface area contributed by atoms with Crippen LogP contribution in [0.2, 0.25) is 0 Å². The van der Waals surface area contributed by atoms with Gasteiger partial charge in [-0.25, -0.2) is 4.68 Å². The summed E-state index contributed by atoms with van der Waals surface area (Å²) in [5, 5.41) is 4.16. The number of hydrogen-bond acceptors (Lipinski definition) is 3. The molecule has 0 saturated heterocycles. The van der Waals surface area contributed by atoms with Gasteiger partial charge in [0.25, 0.3) is 0 Å². The summed E-state index contributed by atoms with van der Waals surface area (Å²) >= 11 is 0. The minimum Gasteiger partial charge on any atom is -0.294 e. The summed E-state index contributed by atoms with van der Waals surface area (Å²) < 4.78 is 1.71. The number of nitrogens with zero attached hydrogens (tertiary/aromatic N) is 3. The summed E-state index contributed by atoms with van der Waals surface area (Å²) in [6.07, 6.45) is 5.00. The van der Waals surface area contributed by atoms with Crippen molar-refractivity contribution in [1.29, 1.82) is 0 Å². The van der Waals surface area contributed by atoms with Crippen LogP contribution in [-0.4, -0.2) is 20.5 Å². The second-order valence-corrected chi connectivity index (χ2v) is 3.32. The lowest BCUT2D eigenvalue weighted by Crippen LogP contribution is -2.01. The van der Waals surface area contributed by atoms with Gasteiger partial charge in [-0.05, 0) is 26.0 Å². The van der Waals surface area contributed by atoms with E-state index >= 15 is 0 Å². The molecule has 0 aromatic carbocycles. The zero-order chi connectivity index (χ0) is 10.8. The van der Waals surface area contributed by atoms with Crippen molar-refractivity contribution in [1.82, 2.24) is 14.8 Å². The SMILES string of the molecule is CC(=O)c1cnn(-c2cccnc2)c1C. The maximum absolute atomic E-state index is 11.2. The summed E-state index contributed by atoms with van der Waals surface area (Å²) in [5.74, 6) is 0.0302. The highest BCUT2D eigenvalue weighted by molar-refractivity contribution is 5.95. The zero-order valence-corrected chi connectivity index (χ0v) is 8.64. The summed E-state index contributed by atoms with van der Waals surface area (Å²) in [6, 6.07) is 3.74. The smallest absolute Gasteiger partial charge is 0.163 e. The van der Waals surface area contributed by atoms with Crippen LogP contribution in [0.1, 0.15) is 23.0 Å². The molecule has 15 heavy (non-hydrogen) atoms. The Bertz CT molecular complexity index is 488. The molecule has 0 fully saturated rings. The number of carbonyl (C=O) groups excluding carboxylic acids is 1. The van der Waals surface area contributed by atoms with Gasteiger partial charge in [-0.15, -0.1) is 0 Å². The number of Topliss-reactive ketones (excluding diaryl/α,β-unsaturated/α-hetero) is 1. The molecule has 0 aliphatic heterocycles. The van der Waals surface area contributed by atoms with Crippen molar-refractivity contribution in [3.05, 3.63) is 42.0 Å². The number of pyridine rings is 1. The summed E-state index contributed by atoms with van der Waals surface area (Å²) in [5.41, 5.74) is 2.36. The van der Waals surface area contributed by atoms with Gasteiger partial charge in [0.1, 0.15) is 0 Å². The van der Waals surface area contributed by atoms with E-state index in [2.05, 4.69) is 10.1 Å². The molecule has 2 aromatic heterocycles. The van der Waals surface area contributed by atoms with Crippen LogP contribution in [0, 0.1) is 6.92 Å². The van der Waals surface area contributed by atoms with Crippen molar-refractivity contribution >= 4 is 5.78 Å². The zero-order valence-electron chi connectivity index (χ0n) is 8.64. The minimum absolute atomic E-state index is 0.0302. The van der Waals surface area contributed by atoms with E-state index in [1.807, 2.05) is 19.1 Å². The molecule has 0 bridgehead atoms. The Morgan fingerprint density at radius 2 is 2.20 bits per heavy atom. The maximum Gasteiger partial charge on any atom is 0.163 e. The normalized spacial score (nSPS) is 10.3. The molecule has 76 valence electrons. The van der Waals surface area contributed by atoms with E-state index in [9.17, 15) is 4.79 Å². The second-order valence-electron chi connectivity index (χ2n) is 3.32. The number of rotatable bonds is 2. The number of ketones is 1. The van der Waals surface area contributed by atoms with Gasteiger partial charge < -0.3 is 0 Å². The molecule has 0 N–H and O–H groups in total. The minimum atomic E-state index is 0.0302. The first-order chi connectivity index (χ1) is 7.20. The van der Waals surface area contributed by atoms with Gasteiger partial charge in [0.15, 0.2) is 5.78 Å². The Morgan fingerprint density at radius 3 is 2.73 bits per heavy atom. The molecular formula is C11H11N3O. The van der Waals surface area contributed by atoms with Crippen molar-refractivity contribution < 1.29 is 4.79 Å². The van der Waals surface area contributed by atoms with Gasteiger partial charge in [-0.2, -0.15) is 5.10 Å². The van der Waals surface area contributed by atoms with Gasteiger partial charge in [-0.1, -0.05) is 0 Å². The van der Waals surface area contributed by atoms with Gasteiger partial charge >= 0.3 is 0 Å². The van der Waals surface area contributed by atoms with Gasteiger partial charge in [0.05, 0.1) is 29.3 Å². The average molecular weight is 201 g/mol. The quantitative estimate of drug-likeness (QED) is 0.696. The molecule has 2 heterocycles. The third-order valence-electron chi connectivity index (χ3n) is 2.28. The van der Waals surface area contributed by atoms with Crippen LogP contribution >= 0.6 is 0 Å². The first kappa shape index (κ1) is 9.58. The van der Waals surface area contributed by atoms with Crippen LogP contribution in [0.3, 0.4) is 0 Å². The lowest BCUT2D eigenvalue weighted by Gasteiger charge is -2.03. The average Bonchev–Trinajstić information content (AvgIpc) is 2.61.